The molecule has 1 N–H and O–H groups in total. The molecule has 0 spiro atoms. The van der Waals surface area contributed by atoms with Crippen LogP contribution in [0.2, 0.25) is 0 Å². The molecule has 1 amide bonds. The largest absolute Gasteiger partial charge is 0.481 e. The van der Waals surface area contributed by atoms with Crippen LogP contribution in [0.4, 0.5) is 0 Å². The maximum Gasteiger partial charge on any atom is 0.261 e. The van der Waals surface area contributed by atoms with E-state index in [9.17, 15) is 4.79 Å². The Kier molecular flexibility index (Phi) is 5.80. The molecule has 3 aromatic carbocycles. The molecule has 0 saturated carbocycles. The first kappa shape index (κ1) is 19.0. The van der Waals surface area contributed by atoms with Crippen molar-refractivity contribution in [3.8, 4) is 5.75 Å². The standard InChI is InChI=1S/C24H27NO2/c1-5-23(27-21-12-11-19-8-6-7-9-20(19)15-21)24(26)25-18(4)22-13-10-16(2)14-17(22)3/h6-15,18,23H,5H2,1-4H3,(H,25,26)/t18-,23+/m0/s1. The van der Waals surface area contributed by atoms with E-state index >= 15 is 0 Å². The summed E-state index contributed by atoms with van der Waals surface area (Å²) in [5.41, 5.74) is 3.54. The van der Waals surface area contributed by atoms with Crippen molar-refractivity contribution in [1.29, 1.82) is 0 Å². The zero-order valence-corrected chi connectivity index (χ0v) is 16.5. The summed E-state index contributed by atoms with van der Waals surface area (Å²) in [5, 5.41) is 5.36. The molecule has 0 heterocycles. The minimum absolute atomic E-state index is 0.0626. The Morgan fingerprint density at radius 1 is 1.00 bits per heavy atom. The van der Waals surface area contributed by atoms with E-state index in [1.165, 1.54) is 11.1 Å². The molecule has 0 unspecified atom stereocenters. The summed E-state index contributed by atoms with van der Waals surface area (Å²) >= 11 is 0. The number of carbonyl (C=O) groups excluding carboxylic acids is 1. The van der Waals surface area contributed by atoms with E-state index < -0.39 is 6.10 Å². The van der Waals surface area contributed by atoms with Gasteiger partial charge in [-0.1, -0.05) is 61.0 Å². The monoisotopic (exact) mass is 361 g/mol. The first-order chi connectivity index (χ1) is 13.0. The lowest BCUT2D eigenvalue weighted by molar-refractivity contribution is -0.128. The normalized spacial score (nSPS) is 13.2. The van der Waals surface area contributed by atoms with Crippen molar-refractivity contribution in [1.82, 2.24) is 5.32 Å². The molecule has 0 aliphatic carbocycles. The van der Waals surface area contributed by atoms with Crippen LogP contribution in [-0.4, -0.2) is 12.0 Å². The minimum Gasteiger partial charge on any atom is -0.481 e. The molecule has 0 aromatic heterocycles. The van der Waals surface area contributed by atoms with Gasteiger partial charge in [0.15, 0.2) is 6.10 Å². The summed E-state index contributed by atoms with van der Waals surface area (Å²) in [5.74, 6) is 0.632. The van der Waals surface area contributed by atoms with E-state index in [4.69, 9.17) is 4.74 Å². The molecule has 3 rings (SSSR count). The van der Waals surface area contributed by atoms with Gasteiger partial charge in [0.1, 0.15) is 5.75 Å². The van der Waals surface area contributed by atoms with Crippen molar-refractivity contribution in [3.05, 3.63) is 77.4 Å². The first-order valence-electron chi connectivity index (χ1n) is 9.51. The number of nitrogens with one attached hydrogen (secondary N) is 1. The number of benzene rings is 3. The Morgan fingerprint density at radius 3 is 2.44 bits per heavy atom. The lowest BCUT2D eigenvalue weighted by atomic mass is 10.00. The van der Waals surface area contributed by atoms with Crippen molar-refractivity contribution in [2.45, 2.75) is 46.3 Å². The maximum absolute atomic E-state index is 12.8. The first-order valence-corrected chi connectivity index (χ1v) is 9.51. The van der Waals surface area contributed by atoms with Crippen LogP contribution in [0, 0.1) is 13.8 Å². The number of aryl methyl sites for hydroxylation is 2. The molecule has 3 aromatic rings. The average Bonchev–Trinajstić information content (AvgIpc) is 2.65. The molecule has 2 atom stereocenters. The van der Waals surface area contributed by atoms with Crippen LogP contribution in [0.1, 0.15) is 43.0 Å². The number of ether oxygens (including phenoxy) is 1. The molecule has 0 saturated heterocycles. The van der Waals surface area contributed by atoms with E-state index in [0.717, 1.165) is 22.1 Å². The van der Waals surface area contributed by atoms with Crippen molar-refractivity contribution in [3.63, 3.8) is 0 Å². The van der Waals surface area contributed by atoms with Crippen molar-refractivity contribution >= 4 is 16.7 Å². The van der Waals surface area contributed by atoms with Gasteiger partial charge in [-0.25, -0.2) is 0 Å². The van der Waals surface area contributed by atoms with Crippen LogP contribution in [0.5, 0.6) is 5.75 Å². The van der Waals surface area contributed by atoms with Gasteiger partial charge in [-0.05, 0) is 61.2 Å². The SMILES string of the molecule is CC[C@@H](Oc1ccc2ccccc2c1)C(=O)N[C@@H](C)c1ccc(C)cc1C. The molecule has 3 heteroatoms. The van der Waals surface area contributed by atoms with Crippen LogP contribution in [0.15, 0.2) is 60.7 Å². The quantitative estimate of drug-likeness (QED) is 0.630. The fraction of sp³-hybridized carbons (Fsp3) is 0.292. The molecule has 140 valence electrons. The van der Waals surface area contributed by atoms with E-state index in [-0.39, 0.29) is 11.9 Å². The van der Waals surface area contributed by atoms with E-state index in [1.54, 1.807) is 0 Å². The van der Waals surface area contributed by atoms with Crippen molar-refractivity contribution in [2.24, 2.45) is 0 Å². The third-order valence-corrected chi connectivity index (χ3v) is 4.91. The van der Waals surface area contributed by atoms with Gasteiger partial charge in [-0.15, -0.1) is 0 Å². The van der Waals surface area contributed by atoms with Gasteiger partial charge in [-0.2, -0.15) is 0 Å². The Bertz CT molecular complexity index is 948. The lowest BCUT2D eigenvalue weighted by Crippen LogP contribution is -2.39. The molecule has 0 bridgehead atoms. The van der Waals surface area contributed by atoms with Gasteiger partial charge in [-0.3, -0.25) is 4.79 Å². The van der Waals surface area contributed by atoms with Crippen molar-refractivity contribution < 1.29 is 9.53 Å². The highest BCUT2D eigenvalue weighted by molar-refractivity contribution is 5.84. The molecule has 0 aliphatic heterocycles. The highest BCUT2D eigenvalue weighted by atomic mass is 16.5. The zero-order chi connectivity index (χ0) is 19.4. The highest BCUT2D eigenvalue weighted by Crippen LogP contribution is 2.23. The third-order valence-electron chi connectivity index (χ3n) is 4.91. The number of hydrogen-bond donors (Lipinski definition) is 1. The second-order valence-corrected chi connectivity index (χ2v) is 7.11. The van der Waals surface area contributed by atoms with Gasteiger partial charge < -0.3 is 10.1 Å². The Labute approximate surface area is 161 Å². The zero-order valence-electron chi connectivity index (χ0n) is 16.5. The summed E-state index contributed by atoms with van der Waals surface area (Å²) in [6.45, 7) is 8.13. The van der Waals surface area contributed by atoms with Crippen LogP contribution in [0.3, 0.4) is 0 Å². The predicted molar refractivity (Wildman–Crippen MR) is 111 cm³/mol. The fourth-order valence-corrected chi connectivity index (χ4v) is 3.42. The van der Waals surface area contributed by atoms with E-state index in [2.05, 4.69) is 43.4 Å². The number of rotatable bonds is 6. The summed E-state index contributed by atoms with van der Waals surface area (Å²) in [7, 11) is 0. The van der Waals surface area contributed by atoms with Gasteiger partial charge >= 0.3 is 0 Å². The minimum atomic E-state index is -0.514. The maximum atomic E-state index is 12.8. The van der Waals surface area contributed by atoms with E-state index in [1.807, 2.05) is 50.2 Å². The van der Waals surface area contributed by atoms with E-state index in [0.29, 0.717) is 6.42 Å². The van der Waals surface area contributed by atoms with Gasteiger partial charge in [0.25, 0.3) is 5.91 Å². The van der Waals surface area contributed by atoms with Crippen molar-refractivity contribution in [2.75, 3.05) is 0 Å². The Hall–Kier alpha value is -2.81. The molecule has 0 aliphatic rings. The summed E-state index contributed by atoms with van der Waals surface area (Å²) in [6, 6.07) is 20.3. The molecular weight excluding hydrogens is 334 g/mol. The van der Waals surface area contributed by atoms with Crippen LogP contribution >= 0.6 is 0 Å². The molecular formula is C24H27NO2. The van der Waals surface area contributed by atoms with Crippen LogP contribution in [0.25, 0.3) is 10.8 Å². The lowest BCUT2D eigenvalue weighted by Gasteiger charge is -2.22. The van der Waals surface area contributed by atoms with Gasteiger partial charge in [0.05, 0.1) is 6.04 Å². The predicted octanol–water partition coefficient (Wildman–Crippen LogP) is 5.49. The number of fused-ring (bicyclic) bond motifs is 1. The second-order valence-electron chi connectivity index (χ2n) is 7.11. The average molecular weight is 361 g/mol. The molecule has 3 nitrogen and oxygen atoms in total. The number of carbonyl (C=O) groups is 1. The van der Waals surface area contributed by atoms with Gasteiger partial charge in [0, 0.05) is 0 Å². The van der Waals surface area contributed by atoms with Crippen LogP contribution < -0.4 is 10.1 Å². The second kappa shape index (κ2) is 8.26. The van der Waals surface area contributed by atoms with Crippen LogP contribution in [-0.2, 0) is 4.79 Å². The fourth-order valence-electron chi connectivity index (χ4n) is 3.42. The number of hydrogen-bond acceptors (Lipinski definition) is 2. The number of amides is 1. The summed E-state index contributed by atoms with van der Waals surface area (Å²) in [4.78, 5) is 12.8. The summed E-state index contributed by atoms with van der Waals surface area (Å²) < 4.78 is 6.01. The highest BCUT2D eigenvalue weighted by Gasteiger charge is 2.21. The molecule has 0 radical (unpaired) electrons. The topological polar surface area (TPSA) is 38.3 Å². The Morgan fingerprint density at radius 2 is 1.74 bits per heavy atom. The smallest absolute Gasteiger partial charge is 0.261 e. The summed E-state index contributed by atoms with van der Waals surface area (Å²) in [6.07, 6.45) is 0.0949. The third kappa shape index (κ3) is 4.48. The Balaban J connectivity index is 1.71. The molecule has 0 fully saturated rings. The van der Waals surface area contributed by atoms with Gasteiger partial charge in [0.2, 0.25) is 0 Å². The molecule has 27 heavy (non-hydrogen) atoms.